The topological polar surface area (TPSA) is 49.4 Å². The van der Waals surface area contributed by atoms with Crippen molar-refractivity contribution in [3.05, 3.63) is 27.8 Å². The first-order valence-electron chi connectivity index (χ1n) is 8.21. The molecule has 0 aromatic carbocycles. The van der Waals surface area contributed by atoms with E-state index in [2.05, 4.69) is 22.9 Å². The highest BCUT2D eigenvalue weighted by Gasteiger charge is 2.53. The highest BCUT2D eigenvalue weighted by atomic mass is 79.9. The predicted molar refractivity (Wildman–Crippen MR) is 87.5 cm³/mol. The number of aromatic nitrogens is 2. The number of rotatable bonds is 2. The van der Waals surface area contributed by atoms with Crippen molar-refractivity contribution >= 4 is 15.9 Å². The molecule has 2 aromatic rings. The van der Waals surface area contributed by atoms with E-state index in [4.69, 9.17) is 19.0 Å². The van der Waals surface area contributed by atoms with Crippen LogP contribution in [0.4, 0.5) is 0 Å². The number of hydrogen-bond acceptors (Lipinski definition) is 4. The SMILES string of the molecule is Cc1coc2c1-c1nn(C[C@H]3COCCO3)c(Br)c1C1(CC1)C2. The molecule has 6 heteroatoms. The average Bonchev–Trinajstić information content (AvgIpc) is 3.10. The minimum Gasteiger partial charge on any atom is -0.468 e. The van der Waals surface area contributed by atoms with Crippen molar-refractivity contribution in [2.75, 3.05) is 19.8 Å². The third-order valence-electron chi connectivity index (χ3n) is 5.32. The van der Waals surface area contributed by atoms with E-state index in [1.54, 1.807) is 0 Å². The molecule has 3 heterocycles. The monoisotopic (exact) mass is 378 g/mol. The van der Waals surface area contributed by atoms with Gasteiger partial charge in [0, 0.05) is 23.0 Å². The molecule has 122 valence electrons. The lowest BCUT2D eigenvalue weighted by molar-refractivity contribution is -0.0948. The first kappa shape index (κ1) is 14.3. The summed E-state index contributed by atoms with van der Waals surface area (Å²) < 4.78 is 20.3. The summed E-state index contributed by atoms with van der Waals surface area (Å²) in [5.74, 6) is 1.10. The molecule has 0 amide bonds. The Hall–Kier alpha value is -1.11. The van der Waals surface area contributed by atoms with E-state index < -0.39 is 0 Å². The number of hydrogen-bond donors (Lipinski definition) is 0. The number of fused-ring (bicyclic) bond motifs is 4. The molecule has 1 aliphatic heterocycles. The van der Waals surface area contributed by atoms with Gasteiger partial charge in [0.15, 0.2) is 0 Å². The fourth-order valence-corrected chi connectivity index (χ4v) is 4.79. The third kappa shape index (κ3) is 2.08. The maximum Gasteiger partial charge on any atom is 0.114 e. The molecule has 0 bridgehead atoms. The van der Waals surface area contributed by atoms with Crippen LogP contribution in [0.5, 0.6) is 0 Å². The lowest BCUT2D eigenvalue weighted by atomic mass is 9.83. The molecule has 2 aromatic heterocycles. The summed E-state index contributed by atoms with van der Waals surface area (Å²) in [5, 5.41) is 4.93. The van der Waals surface area contributed by atoms with Crippen LogP contribution in [-0.2, 0) is 27.9 Å². The van der Waals surface area contributed by atoms with E-state index in [0.29, 0.717) is 19.8 Å². The normalized spacial score (nSPS) is 24.5. The Morgan fingerprint density at radius 2 is 2.26 bits per heavy atom. The van der Waals surface area contributed by atoms with Crippen molar-refractivity contribution < 1.29 is 13.9 Å². The molecule has 1 saturated heterocycles. The van der Waals surface area contributed by atoms with Crippen molar-refractivity contribution in [3.8, 4) is 11.3 Å². The molecule has 1 spiro atoms. The van der Waals surface area contributed by atoms with E-state index in [1.807, 2.05) is 10.9 Å². The second-order valence-electron chi connectivity index (χ2n) is 6.94. The van der Waals surface area contributed by atoms with Crippen molar-refractivity contribution in [1.29, 1.82) is 0 Å². The van der Waals surface area contributed by atoms with Crippen molar-refractivity contribution in [2.45, 2.75) is 44.2 Å². The second-order valence-corrected chi connectivity index (χ2v) is 7.69. The van der Waals surface area contributed by atoms with Gasteiger partial charge in [-0.15, -0.1) is 0 Å². The van der Waals surface area contributed by atoms with Crippen LogP contribution in [0.25, 0.3) is 11.3 Å². The molecule has 5 nitrogen and oxygen atoms in total. The zero-order valence-electron chi connectivity index (χ0n) is 13.1. The molecule has 0 N–H and O–H groups in total. The molecule has 0 unspecified atom stereocenters. The van der Waals surface area contributed by atoms with Gasteiger partial charge in [0.05, 0.1) is 32.6 Å². The smallest absolute Gasteiger partial charge is 0.114 e. The summed E-state index contributed by atoms with van der Waals surface area (Å²) in [6.45, 7) is 4.81. The van der Waals surface area contributed by atoms with Gasteiger partial charge < -0.3 is 13.9 Å². The van der Waals surface area contributed by atoms with E-state index >= 15 is 0 Å². The van der Waals surface area contributed by atoms with E-state index in [0.717, 1.165) is 29.0 Å². The third-order valence-corrected chi connectivity index (χ3v) is 6.13. The summed E-state index contributed by atoms with van der Waals surface area (Å²) in [4.78, 5) is 0. The fraction of sp³-hybridized carbons (Fsp3) is 0.588. The van der Waals surface area contributed by atoms with Crippen LogP contribution in [-0.4, -0.2) is 35.7 Å². The molecule has 1 atom stereocenters. The molecular formula is C17H19BrN2O3. The van der Waals surface area contributed by atoms with Crippen LogP contribution in [0.15, 0.2) is 15.3 Å². The number of nitrogens with zero attached hydrogens (tertiary/aromatic N) is 2. The van der Waals surface area contributed by atoms with Crippen molar-refractivity contribution in [2.24, 2.45) is 0 Å². The Balaban J connectivity index is 1.59. The molecule has 2 aliphatic carbocycles. The lowest BCUT2D eigenvalue weighted by Gasteiger charge is -2.23. The summed E-state index contributed by atoms with van der Waals surface area (Å²) in [7, 11) is 0. The zero-order valence-corrected chi connectivity index (χ0v) is 14.7. The van der Waals surface area contributed by atoms with Crippen LogP contribution in [0.2, 0.25) is 0 Å². The zero-order chi connectivity index (χ0) is 15.6. The Morgan fingerprint density at radius 1 is 1.39 bits per heavy atom. The molecule has 23 heavy (non-hydrogen) atoms. The predicted octanol–water partition coefficient (Wildman–Crippen LogP) is 3.22. The van der Waals surface area contributed by atoms with E-state index in [-0.39, 0.29) is 11.5 Å². The van der Waals surface area contributed by atoms with Gasteiger partial charge in [0.2, 0.25) is 0 Å². The summed E-state index contributed by atoms with van der Waals surface area (Å²) >= 11 is 3.82. The van der Waals surface area contributed by atoms with E-state index in [1.165, 1.54) is 29.5 Å². The maximum absolute atomic E-state index is 5.81. The van der Waals surface area contributed by atoms with Gasteiger partial charge in [-0.05, 0) is 41.3 Å². The van der Waals surface area contributed by atoms with Gasteiger partial charge in [-0.2, -0.15) is 5.10 Å². The molecule has 1 saturated carbocycles. The Kier molecular flexibility index (Phi) is 3.06. The molecule has 2 fully saturated rings. The summed E-state index contributed by atoms with van der Waals surface area (Å²) in [6, 6.07) is 0. The minimum atomic E-state index is 0.0708. The van der Waals surface area contributed by atoms with Crippen molar-refractivity contribution in [1.82, 2.24) is 9.78 Å². The minimum absolute atomic E-state index is 0.0708. The standard InChI is InChI=1S/C17H19BrN2O3/c1-10-8-23-12-6-17(2-3-17)14-15(13(10)12)19-20(16(14)18)7-11-9-21-4-5-22-11/h8,11H,2-7,9H2,1H3/t11-/m0/s1. The summed E-state index contributed by atoms with van der Waals surface area (Å²) in [5.41, 5.74) is 5.06. The van der Waals surface area contributed by atoms with E-state index in [9.17, 15) is 0 Å². The Morgan fingerprint density at radius 3 is 3.00 bits per heavy atom. The van der Waals surface area contributed by atoms with Crippen LogP contribution in [0.3, 0.4) is 0 Å². The molecule has 5 rings (SSSR count). The van der Waals surface area contributed by atoms with Gasteiger partial charge in [-0.25, -0.2) is 0 Å². The summed E-state index contributed by atoms with van der Waals surface area (Å²) in [6.07, 6.45) is 5.36. The van der Waals surface area contributed by atoms with Crippen molar-refractivity contribution in [3.63, 3.8) is 0 Å². The molecule has 3 aliphatic rings. The van der Waals surface area contributed by atoms with Gasteiger partial charge in [-0.3, -0.25) is 4.68 Å². The number of halogens is 1. The highest BCUT2D eigenvalue weighted by Crippen LogP contribution is 2.59. The van der Waals surface area contributed by atoms with Gasteiger partial charge >= 0.3 is 0 Å². The second kappa shape index (κ2) is 4.94. The van der Waals surface area contributed by atoms with Gasteiger partial charge in [0.1, 0.15) is 22.2 Å². The average molecular weight is 379 g/mol. The number of aryl methyl sites for hydroxylation is 1. The number of furan rings is 1. The van der Waals surface area contributed by atoms with Gasteiger partial charge in [0.25, 0.3) is 0 Å². The lowest BCUT2D eigenvalue weighted by Crippen LogP contribution is -2.32. The first-order chi connectivity index (χ1) is 11.2. The molecule has 0 radical (unpaired) electrons. The molecular weight excluding hydrogens is 360 g/mol. The van der Waals surface area contributed by atoms with Gasteiger partial charge in [-0.1, -0.05) is 0 Å². The van der Waals surface area contributed by atoms with Crippen LogP contribution >= 0.6 is 15.9 Å². The number of ether oxygens (including phenoxy) is 2. The fourth-order valence-electron chi connectivity index (χ4n) is 3.96. The van der Waals surface area contributed by atoms with Crippen LogP contribution in [0.1, 0.15) is 29.7 Å². The maximum atomic E-state index is 5.81. The first-order valence-corrected chi connectivity index (χ1v) is 9.01. The largest absolute Gasteiger partial charge is 0.468 e. The van der Waals surface area contributed by atoms with Crippen LogP contribution in [0, 0.1) is 6.92 Å². The quantitative estimate of drug-likeness (QED) is 0.804. The Labute approximate surface area is 143 Å². The Bertz CT molecular complexity index is 769. The van der Waals surface area contributed by atoms with Crippen LogP contribution < -0.4 is 0 Å². The highest BCUT2D eigenvalue weighted by molar-refractivity contribution is 9.10.